The number of amides is 1. The van der Waals surface area contributed by atoms with E-state index in [1.807, 2.05) is 0 Å². The number of carbonyl (C=O) groups excluding carboxylic acids is 1. The molecule has 0 spiro atoms. The summed E-state index contributed by atoms with van der Waals surface area (Å²) in [5, 5.41) is 16.2. The van der Waals surface area contributed by atoms with Crippen molar-refractivity contribution in [1.82, 2.24) is 20.7 Å². The fourth-order valence-electron chi connectivity index (χ4n) is 5.47. The number of aliphatic hydroxyl groups excluding tert-OH is 1. The molecule has 7 atom stereocenters. The van der Waals surface area contributed by atoms with Gasteiger partial charge in [0.1, 0.15) is 6.23 Å². The molecule has 1 saturated heterocycles. The topological polar surface area (TPSA) is 105 Å². The van der Waals surface area contributed by atoms with E-state index < -0.39 is 6.10 Å². The predicted molar refractivity (Wildman–Crippen MR) is 112 cm³/mol. The quantitative estimate of drug-likeness (QED) is 0.556. The summed E-state index contributed by atoms with van der Waals surface area (Å²) in [5.74, 6) is 1.50. The Balaban J connectivity index is 1.33. The Morgan fingerprint density at radius 2 is 2.13 bits per heavy atom. The van der Waals surface area contributed by atoms with E-state index in [0.717, 1.165) is 38.5 Å². The molecular weight excluding hydrogens is 384 g/mol. The third kappa shape index (κ3) is 4.61. The van der Waals surface area contributed by atoms with Gasteiger partial charge in [-0.05, 0) is 69.3 Å². The lowest BCUT2D eigenvalue weighted by Crippen LogP contribution is -2.45. The molecule has 1 amide bonds. The van der Waals surface area contributed by atoms with Crippen molar-refractivity contribution in [3.05, 3.63) is 34.2 Å². The van der Waals surface area contributed by atoms with Gasteiger partial charge in [0.05, 0.1) is 18.8 Å². The Kier molecular flexibility index (Phi) is 6.57. The molecule has 5 unspecified atom stereocenters. The van der Waals surface area contributed by atoms with E-state index in [0.29, 0.717) is 23.3 Å². The second-order valence-corrected chi connectivity index (χ2v) is 9.19. The highest BCUT2D eigenvalue weighted by Gasteiger charge is 2.43. The van der Waals surface area contributed by atoms with Gasteiger partial charge in [-0.1, -0.05) is 6.92 Å². The van der Waals surface area contributed by atoms with Crippen molar-refractivity contribution >= 4 is 5.91 Å². The highest BCUT2D eigenvalue weighted by Crippen LogP contribution is 2.45. The summed E-state index contributed by atoms with van der Waals surface area (Å²) in [6.45, 7) is 3.97. The molecule has 0 aromatic carbocycles. The van der Waals surface area contributed by atoms with Gasteiger partial charge in [0, 0.05) is 23.9 Å². The maximum Gasteiger partial charge on any atom is 0.251 e. The van der Waals surface area contributed by atoms with Crippen LogP contribution >= 0.6 is 0 Å². The molecule has 4 rings (SSSR count). The summed E-state index contributed by atoms with van der Waals surface area (Å²) in [6, 6.07) is 3.19. The van der Waals surface area contributed by atoms with Crippen LogP contribution in [0.4, 0.5) is 0 Å². The van der Waals surface area contributed by atoms with Gasteiger partial charge in [0.15, 0.2) is 0 Å². The van der Waals surface area contributed by atoms with Crippen molar-refractivity contribution in [3.63, 3.8) is 0 Å². The van der Waals surface area contributed by atoms with Crippen molar-refractivity contribution < 1.29 is 14.7 Å². The van der Waals surface area contributed by atoms with E-state index in [1.54, 1.807) is 19.2 Å². The summed E-state index contributed by atoms with van der Waals surface area (Å²) in [7, 11) is 0. The zero-order valence-corrected chi connectivity index (χ0v) is 17.8. The minimum atomic E-state index is -0.609. The highest BCUT2D eigenvalue weighted by molar-refractivity contribution is 5.94. The van der Waals surface area contributed by atoms with E-state index in [1.165, 1.54) is 10.6 Å². The molecule has 8 nitrogen and oxygen atoms in total. The first-order valence-electron chi connectivity index (χ1n) is 11.3. The number of rotatable bonds is 6. The van der Waals surface area contributed by atoms with Gasteiger partial charge >= 0.3 is 0 Å². The molecule has 0 radical (unpaired) electrons. The normalized spacial score (nSPS) is 34.5. The van der Waals surface area contributed by atoms with Gasteiger partial charge in [-0.15, -0.1) is 0 Å². The second kappa shape index (κ2) is 9.18. The molecule has 1 aromatic rings. The summed E-state index contributed by atoms with van der Waals surface area (Å²) in [5.41, 5.74) is 3.29. The fourth-order valence-corrected chi connectivity index (χ4v) is 5.47. The lowest BCUT2D eigenvalue weighted by molar-refractivity contribution is 0.0125. The standard InChI is InChI=1S/C22H34N4O4/c1-3-19-24-21(25-30-19)15-4-6-17-14(10-15)5-7-18(17)23-22(29)16-8-9-26(12-13(2)27)20(28)11-16/h8-9,11,13-15,17-19,21,24-25,27H,3-7,10,12H2,1-2H3,(H,23,29)/t13-,14?,15?,17?,18-,19?,21?/m1/s1. The molecule has 8 heteroatoms. The minimum Gasteiger partial charge on any atom is -0.392 e. The van der Waals surface area contributed by atoms with Gasteiger partial charge in [-0.2, -0.15) is 5.48 Å². The number of nitrogens with one attached hydrogen (secondary N) is 3. The van der Waals surface area contributed by atoms with Crippen LogP contribution in [0.25, 0.3) is 0 Å². The van der Waals surface area contributed by atoms with Gasteiger partial charge < -0.3 is 15.0 Å². The van der Waals surface area contributed by atoms with Crippen molar-refractivity contribution in [2.75, 3.05) is 0 Å². The number of hydrogen-bond donors (Lipinski definition) is 4. The molecule has 30 heavy (non-hydrogen) atoms. The van der Waals surface area contributed by atoms with E-state index in [-0.39, 0.29) is 36.4 Å². The lowest BCUT2D eigenvalue weighted by atomic mass is 9.74. The Labute approximate surface area is 177 Å². The molecule has 3 aliphatic rings. The molecule has 2 heterocycles. The fraction of sp³-hybridized carbons (Fsp3) is 0.727. The molecule has 2 saturated carbocycles. The first-order valence-corrected chi connectivity index (χ1v) is 11.3. The smallest absolute Gasteiger partial charge is 0.251 e. The molecular formula is C22H34N4O4. The van der Waals surface area contributed by atoms with Crippen molar-refractivity contribution in [3.8, 4) is 0 Å². The van der Waals surface area contributed by atoms with Crippen molar-refractivity contribution in [2.45, 2.75) is 83.5 Å². The van der Waals surface area contributed by atoms with Crippen LogP contribution in [0.1, 0.15) is 62.7 Å². The zero-order chi connectivity index (χ0) is 21.3. The van der Waals surface area contributed by atoms with E-state index >= 15 is 0 Å². The Bertz CT molecular complexity index is 811. The summed E-state index contributed by atoms with van der Waals surface area (Å²) in [6.07, 6.45) is 7.73. The van der Waals surface area contributed by atoms with Crippen LogP contribution < -0.4 is 21.7 Å². The number of aliphatic hydroxyl groups is 1. The number of aromatic nitrogens is 1. The Morgan fingerprint density at radius 3 is 2.83 bits per heavy atom. The number of hydroxylamine groups is 1. The molecule has 2 aliphatic carbocycles. The molecule has 3 fully saturated rings. The number of hydrogen-bond acceptors (Lipinski definition) is 6. The molecule has 1 aromatic heterocycles. The Morgan fingerprint density at radius 1 is 1.33 bits per heavy atom. The molecule has 4 N–H and O–H groups in total. The maximum atomic E-state index is 12.8. The number of fused-ring (bicyclic) bond motifs is 1. The number of nitrogens with zero attached hydrogens (tertiary/aromatic N) is 1. The minimum absolute atomic E-state index is 0.0967. The van der Waals surface area contributed by atoms with Gasteiger partial charge in [-0.3, -0.25) is 19.7 Å². The van der Waals surface area contributed by atoms with E-state index in [9.17, 15) is 14.7 Å². The second-order valence-electron chi connectivity index (χ2n) is 9.19. The highest BCUT2D eigenvalue weighted by atomic mass is 16.7. The van der Waals surface area contributed by atoms with Crippen LogP contribution in [-0.4, -0.2) is 40.1 Å². The zero-order valence-electron chi connectivity index (χ0n) is 17.8. The van der Waals surface area contributed by atoms with Crippen LogP contribution in [0, 0.1) is 17.8 Å². The number of pyridine rings is 1. The van der Waals surface area contributed by atoms with Gasteiger partial charge in [-0.25, -0.2) is 0 Å². The maximum absolute atomic E-state index is 12.8. The van der Waals surface area contributed by atoms with Crippen LogP contribution in [-0.2, 0) is 11.4 Å². The lowest BCUT2D eigenvalue weighted by Gasteiger charge is -2.36. The van der Waals surface area contributed by atoms with Gasteiger partial charge in [0.25, 0.3) is 11.5 Å². The van der Waals surface area contributed by atoms with E-state index in [2.05, 4.69) is 23.0 Å². The number of carbonyl (C=O) groups is 1. The van der Waals surface area contributed by atoms with Crippen LogP contribution in [0.2, 0.25) is 0 Å². The Hall–Kier alpha value is -1.74. The van der Waals surface area contributed by atoms with Crippen molar-refractivity contribution in [2.24, 2.45) is 17.8 Å². The van der Waals surface area contributed by atoms with E-state index in [4.69, 9.17) is 4.84 Å². The average Bonchev–Trinajstić information content (AvgIpc) is 3.36. The van der Waals surface area contributed by atoms with Gasteiger partial charge in [0.2, 0.25) is 0 Å². The largest absolute Gasteiger partial charge is 0.392 e. The van der Waals surface area contributed by atoms with Crippen LogP contribution in [0.15, 0.2) is 23.1 Å². The third-order valence-electron chi connectivity index (χ3n) is 7.03. The summed E-state index contributed by atoms with van der Waals surface area (Å²) < 4.78 is 1.42. The third-order valence-corrected chi connectivity index (χ3v) is 7.03. The first kappa shape index (κ1) is 21.5. The average molecular weight is 419 g/mol. The van der Waals surface area contributed by atoms with Crippen LogP contribution in [0.5, 0.6) is 0 Å². The summed E-state index contributed by atoms with van der Waals surface area (Å²) >= 11 is 0. The van der Waals surface area contributed by atoms with Crippen molar-refractivity contribution in [1.29, 1.82) is 0 Å². The monoisotopic (exact) mass is 418 g/mol. The van der Waals surface area contributed by atoms with Crippen LogP contribution in [0.3, 0.4) is 0 Å². The molecule has 0 bridgehead atoms. The molecule has 1 aliphatic heterocycles. The first-order chi connectivity index (χ1) is 14.4. The molecule has 166 valence electrons. The SMILES string of the molecule is CCC1NC(C2CCC3C(CC[C@H]3NC(=O)c3ccn(C[C@@H](C)O)c(=O)c3)C2)NO1. The predicted octanol–water partition coefficient (Wildman–Crippen LogP) is 1.34. The summed E-state index contributed by atoms with van der Waals surface area (Å²) in [4.78, 5) is 30.5.